The van der Waals surface area contributed by atoms with Gasteiger partial charge in [-0.3, -0.25) is 4.90 Å². The summed E-state index contributed by atoms with van der Waals surface area (Å²) in [4.78, 5) is 6.85. The van der Waals surface area contributed by atoms with Crippen molar-refractivity contribution in [2.75, 3.05) is 19.7 Å². The van der Waals surface area contributed by atoms with Gasteiger partial charge in [0.25, 0.3) is 0 Å². The Balaban J connectivity index is 1.63. The number of nitrogens with zero attached hydrogens (tertiary/aromatic N) is 3. The standard InChI is InChI=1S/C19H27N3O/c1-16-20-10-14-21(16)11-4-12-22(13-5-15-23)19-9-8-17-6-2-3-7-18(17)19/h2-3,6-7,10,14,19,23H,4-5,8-9,11-13,15H2,1H3. The molecule has 4 nitrogen and oxygen atoms in total. The van der Waals surface area contributed by atoms with E-state index in [4.69, 9.17) is 0 Å². The van der Waals surface area contributed by atoms with Gasteiger partial charge in [-0.25, -0.2) is 4.98 Å². The first kappa shape index (κ1) is 16.2. The molecule has 0 saturated carbocycles. The number of imidazole rings is 1. The van der Waals surface area contributed by atoms with E-state index >= 15 is 0 Å². The second-order valence-corrected chi connectivity index (χ2v) is 6.39. The van der Waals surface area contributed by atoms with Crippen molar-refractivity contribution >= 4 is 0 Å². The Labute approximate surface area is 138 Å². The van der Waals surface area contributed by atoms with E-state index < -0.39 is 0 Å². The minimum atomic E-state index is 0.269. The lowest BCUT2D eigenvalue weighted by molar-refractivity contribution is 0.169. The molecule has 2 aromatic rings. The molecule has 3 rings (SSSR count). The van der Waals surface area contributed by atoms with Gasteiger partial charge in [-0.15, -0.1) is 0 Å². The Hall–Kier alpha value is -1.65. The van der Waals surface area contributed by atoms with Gasteiger partial charge in [0.2, 0.25) is 0 Å². The first-order valence-electron chi connectivity index (χ1n) is 8.70. The molecule has 0 aliphatic heterocycles. The smallest absolute Gasteiger partial charge is 0.105 e. The fourth-order valence-electron chi connectivity index (χ4n) is 3.70. The van der Waals surface area contributed by atoms with Crippen molar-refractivity contribution < 1.29 is 5.11 Å². The van der Waals surface area contributed by atoms with Crippen LogP contribution in [-0.4, -0.2) is 39.3 Å². The van der Waals surface area contributed by atoms with Crippen LogP contribution in [0.15, 0.2) is 36.7 Å². The van der Waals surface area contributed by atoms with E-state index in [1.807, 2.05) is 6.20 Å². The predicted octanol–water partition coefficient (Wildman–Crippen LogP) is 2.95. The van der Waals surface area contributed by atoms with Gasteiger partial charge < -0.3 is 9.67 Å². The number of hydrogen-bond acceptors (Lipinski definition) is 3. The van der Waals surface area contributed by atoms with Crippen LogP contribution in [0.3, 0.4) is 0 Å². The summed E-state index contributed by atoms with van der Waals surface area (Å²) in [6.45, 7) is 5.37. The molecule has 1 atom stereocenters. The maximum Gasteiger partial charge on any atom is 0.105 e. The highest BCUT2D eigenvalue weighted by atomic mass is 16.3. The lowest BCUT2D eigenvalue weighted by Crippen LogP contribution is -2.31. The minimum Gasteiger partial charge on any atom is -0.396 e. The molecule has 1 aliphatic rings. The zero-order valence-electron chi connectivity index (χ0n) is 14.0. The van der Waals surface area contributed by atoms with Gasteiger partial charge in [-0.1, -0.05) is 24.3 Å². The Morgan fingerprint density at radius 2 is 2.09 bits per heavy atom. The molecule has 0 fully saturated rings. The van der Waals surface area contributed by atoms with Gasteiger partial charge in [0.1, 0.15) is 5.82 Å². The van der Waals surface area contributed by atoms with Crippen LogP contribution in [0.5, 0.6) is 0 Å². The van der Waals surface area contributed by atoms with Crippen LogP contribution in [-0.2, 0) is 13.0 Å². The van der Waals surface area contributed by atoms with Crippen molar-refractivity contribution in [3.8, 4) is 0 Å². The monoisotopic (exact) mass is 313 g/mol. The van der Waals surface area contributed by atoms with Crippen molar-refractivity contribution in [2.45, 2.75) is 45.2 Å². The molecule has 0 saturated heterocycles. The molecule has 1 aromatic heterocycles. The third kappa shape index (κ3) is 3.82. The van der Waals surface area contributed by atoms with Crippen molar-refractivity contribution in [2.24, 2.45) is 0 Å². The number of aliphatic hydroxyl groups excluding tert-OH is 1. The molecule has 0 amide bonds. The van der Waals surface area contributed by atoms with E-state index in [0.717, 1.165) is 38.3 Å². The van der Waals surface area contributed by atoms with Crippen LogP contribution >= 0.6 is 0 Å². The largest absolute Gasteiger partial charge is 0.396 e. The Bertz CT molecular complexity index is 623. The van der Waals surface area contributed by atoms with Crippen molar-refractivity contribution in [1.29, 1.82) is 0 Å². The number of rotatable bonds is 8. The summed E-state index contributed by atoms with van der Waals surface area (Å²) < 4.78 is 2.22. The highest BCUT2D eigenvalue weighted by Crippen LogP contribution is 2.35. The molecule has 1 unspecified atom stereocenters. The summed E-state index contributed by atoms with van der Waals surface area (Å²) in [5.74, 6) is 1.08. The third-order valence-electron chi connectivity index (χ3n) is 4.91. The van der Waals surface area contributed by atoms with Crippen LogP contribution in [0.25, 0.3) is 0 Å². The molecule has 0 bridgehead atoms. The summed E-state index contributed by atoms with van der Waals surface area (Å²) in [7, 11) is 0. The van der Waals surface area contributed by atoms with Crippen LogP contribution in [0.2, 0.25) is 0 Å². The van der Waals surface area contributed by atoms with Crippen molar-refractivity contribution in [3.63, 3.8) is 0 Å². The second-order valence-electron chi connectivity index (χ2n) is 6.39. The maximum absolute atomic E-state index is 9.23. The van der Waals surface area contributed by atoms with Gasteiger partial charge in [0.15, 0.2) is 0 Å². The summed E-state index contributed by atoms with van der Waals surface area (Å²) in [6.07, 6.45) is 8.26. The lowest BCUT2D eigenvalue weighted by Gasteiger charge is -2.29. The van der Waals surface area contributed by atoms with Gasteiger partial charge in [0, 0.05) is 44.7 Å². The number of fused-ring (bicyclic) bond motifs is 1. The van der Waals surface area contributed by atoms with Crippen molar-refractivity contribution in [3.05, 3.63) is 53.6 Å². The fraction of sp³-hybridized carbons (Fsp3) is 0.526. The van der Waals surface area contributed by atoms with Crippen LogP contribution in [0, 0.1) is 6.92 Å². The molecule has 4 heteroatoms. The van der Waals surface area contributed by atoms with Crippen molar-refractivity contribution in [1.82, 2.24) is 14.5 Å². The zero-order chi connectivity index (χ0) is 16.1. The quantitative estimate of drug-likeness (QED) is 0.814. The number of hydrogen-bond donors (Lipinski definition) is 1. The number of aryl methyl sites for hydroxylation is 3. The molecular formula is C19H27N3O. The molecule has 23 heavy (non-hydrogen) atoms. The van der Waals surface area contributed by atoms with Gasteiger partial charge in [-0.2, -0.15) is 0 Å². The van der Waals surface area contributed by atoms with Crippen LogP contribution in [0.1, 0.15) is 42.3 Å². The molecule has 0 radical (unpaired) electrons. The van der Waals surface area contributed by atoms with E-state index in [1.54, 1.807) is 0 Å². The first-order chi connectivity index (χ1) is 11.3. The second kappa shape index (κ2) is 7.75. The normalized spacial score (nSPS) is 16.9. The van der Waals surface area contributed by atoms with Crippen LogP contribution in [0.4, 0.5) is 0 Å². The topological polar surface area (TPSA) is 41.3 Å². The molecule has 1 aliphatic carbocycles. The number of aliphatic hydroxyl groups is 1. The van der Waals surface area contributed by atoms with E-state index in [0.29, 0.717) is 6.04 Å². The predicted molar refractivity (Wildman–Crippen MR) is 92.4 cm³/mol. The molecule has 124 valence electrons. The Morgan fingerprint density at radius 3 is 2.87 bits per heavy atom. The van der Waals surface area contributed by atoms with E-state index in [2.05, 4.69) is 51.8 Å². The molecule has 0 spiro atoms. The molecule has 1 N–H and O–H groups in total. The van der Waals surface area contributed by atoms with E-state index in [9.17, 15) is 5.11 Å². The van der Waals surface area contributed by atoms with E-state index in [-0.39, 0.29) is 6.61 Å². The lowest BCUT2D eigenvalue weighted by atomic mass is 10.1. The molecule has 1 aromatic carbocycles. The zero-order valence-corrected chi connectivity index (χ0v) is 14.0. The Kier molecular flexibility index (Phi) is 5.47. The maximum atomic E-state index is 9.23. The van der Waals surface area contributed by atoms with Gasteiger partial charge in [-0.05, 0) is 43.7 Å². The van der Waals surface area contributed by atoms with Gasteiger partial charge in [0.05, 0.1) is 0 Å². The average molecular weight is 313 g/mol. The van der Waals surface area contributed by atoms with Crippen LogP contribution < -0.4 is 0 Å². The average Bonchev–Trinajstić information content (AvgIpc) is 3.17. The SMILES string of the molecule is Cc1nccn1CCCN(CCCO)C1CCc2ccccc21. The fourth-order valence-corrected chi connectivity index (χ4v) is 3.70. The highest BCUT2D eigenvalue weighted by Gasteiger charge is 2.26. The molecular weight excluding hydrogens is 286 g/mol. The first-order valence-corrected chi connectivity index (χ1v) is 8.70. The van der Waals surface area contributed by atoms with Gasteiger partial charge >= 0.3 is 0 Å². The summed E-state index contributed by atoms with van der Waals surface area (Å²) >= 11 is 0. The number of benzene rings is 1. The summed E-state index contributed by atoms with van der Waals surface area (Å²) in [5.41, 5.74) is 2.99. The third-order valence-corrected chi connectivity index (χ3v) is 4.91. The Morgan fingerprint density at radius 1 is 1.26 bits per heavy atom. The highest BCUT2D eigenvalue weighted by molar-refractivity contribution is 5.34. The minimum absolute atomic E-state index is 0.269. The summed E-state index contributed by atoms with van der Waals surface area (Å²) in [5, 5.41) is 9.23. The van der Waals surface area contributed by atoms with E-state index in [1.165, 1.54) is 24.0 Å². The molecule has 1 heterocycles. The number of aromatic nitrogens is 2. The summed E-state index contributed by atoms with van der Waals surface area (Å²) in [6, 6.07) is 9.34.